The van der Waals surface area contributed by atoms with E-state index in [-0.39, 0.29) is 6.01 Å². The van der Waals surface area contributed by atoms with Gasteiger partial charge in [-0.1, -0.05) is 6.07 Å². The second-order valence-electron chi connectivity index (χ2n) is 3.85. The third-order valence-electron chi connectivity index (χ3n) is 2.68. The first-order chi connectivity index (χ1) is 8.72. The number of aryl methyl sites for hydroxylation is 2. The van der Waals surface area contributed by atoms with Crippen LogP contribution in [0.4, 0.5) is 6.01 Å². The number of hydrogen-bond acceptors (Lipinski definition) is 5. The Balaban J connectivity index is 2.05. The average Bonchev–Trinajstić information content (AvgIpc) is 2.81. The molecule has 0 aliphatic heterocycles. The number of nitrogens with two attached hydrogens (primary N) is 1. The maximum atomic E-state index is 5.42. The first kappa shape index (κ1) is 12.3. The van der Waals surface area contributed by atoms with E-state index in [1.54, 1.807) is 20.4 Å². The highest BCUT2D eigenvalue weighted by molar-refractivity contribution is 5.43. The monoisotopic (exact) mass is 248 g/mol. The van der Waals surface area contributed by atoms with Crippen molar-refractivity contribution in [1.82, 2.24) is 4.98 Å². The molecule has 0 saturated carbocycles. The maximum absolute atomic E-state index is 5.42. The van der Waals surface area contributed by atoms with Gasteiger partial charge in [-0.2, -0.15) is 0 Å². The quantitative estimate of drug-likeness (QED) is 0.877. The van der Waals surface area contributed by atoms with E-state index in [2.05, 4.69) is 4.98 Å². The maximum Gasteiger partial charge on any atom is 0.292 e. The Morgan fingerprint density at radius 3 is 2.56 bits per heavy atom. The number of nitrogen functional groups attached to an aromatic ring is 1. The highest BCUT2D eigenvalue weighted by Crippen LogP contribution is 2.28. The molecule has 2 rings (SSSR count). The minimum atomic E-state index is 0.206. The molecule has 1 aromatic carbocycles. The molecular formula is C13H16N2O3. The normalized spacial score (nSPS) is 10.3. The zero-order valence-electron chi connectivity index (χ0n) is 10.5. The van der Waals surface area contributed by atoms with Gasteiger partial charge in [-0.05, 0) is 24.1 Å². The van der Waals surface area contributed by atoms with Crippen molar-refractivity contribution >= 4 is 6.01 Å². The average molecular weight is 248 g/mol. The molecule has 0 saturated heterocycles. The largest absolute Gasteiger partial charge is 0.493 e. The molecule has 0 bridgehead atoms. The molecule has 0 aliphatic carbocycles. The van der Waals surface area contributed by atoms with Gasteiger partial charge in [0.05, 0.1) is 20.4 Å². The van der Waals surface area contributed by atoms with E-state index < -0.39 is 0 Å². The van der Waals surface area contributed by atoms with Crippen LogP contribution in [0.25, 0.3) is 0 Å². The van der Waals surface area contributed by atoms with E-state index in [0.29, 0.717) is 0 Å². The smallest absolute Gasteiger partial charge is 0.292 e. The molecule has 5 heteroatoms. The molecule has 0 fully saturated rings. The predicted molar refractivity (Wildman–Crippen MR) is 67.9 cm³/mol. The Morgan fingerprint density at radius 1 is 1.17 bits per heavy atom. The van der Waals surface area contributed by atoms with Crippen LogP contribution in [0.2, 0.25) is 0 Å². The molecule has 0 radical (unpaired) electrons. The van der Waals surface area contributed by atoms with Crippen molar-refractivity contribution in [3.8, 4) is 11.5 Å². The molecule has 2 aromatic rings. The van der Waals surface area contributed by atoms with Crippen molar-refractivity contribution in [2.24, 2.45) is 0 Å². The van der Waals surface area contributed by atoms with Gasteiger partial charge in [-0.15, -0.1) is 0 Å². The number of aromatic nitrogens is 1. The van der Waals surface area contributed by atoms with Crippen LogP contribution in [0.1, 0.15) is 11.3 Å². The number of rotatable bonds is 5. The lowest BCUT2D eigenvalue weighted by atomic mass is 10.1. The van der Waals surface area contributed by atoms with Gasteiger partial charge in [0.15, 0.2) is 11.5 Å². The van der Waals surface area contributed by atoms with Crippen LogP contribution >= 0.6 is 0 Å². The second kappa shape index (κ2) is 5.44. The summed E-state index contributed by atoms with van der Waals surface area (Å²) < 4.78 is 15.7. The van der Waals surface area contributed by atoms with Crippen LogP contribution in [0, 0.1) is 0 Å². The Bertz CT molecular complexity index is 523. The summed E-state index contributed by atoms with van der Waals surface area (Å²) in [6.07, 6.45) is 3.23. The lowest BCUT2D eigenvalue weighted by molar-refractivity contribution is 0.354. The summed E-state index contributed by atoms with van der Waals surface area (Å²) in [6, 6.07) is 6.06. The zero-order valence-corrected chi connectivity index (χ0v) is 10.5. The van der Waals surface area contributed by atoms with Gasteiger partial charge in [0, 0.05) is 6.42 Å². The molecule has 2 N–H and O–H groups in total. The summed E-state index contributed by atoms with van der Waals surface area (Å²) in [5.41, 5.74) is 6.56. The molecule has 96 valence electrons. The minimum absolute atomic E-state index is 0.206. The fourth-order valence-corrected chi connectivity index (χ4v) is 1.74. The van der Waals surface area contributed by atoms with E-state index in [1.165, 1.54) is 0 Å². The van der Waals surface area contributed by atoms with Gasteiger partial charge in [-0.25, -0.2) is 4.98 Å². The van der Waals surface area contributed by atoms with Crippen LogP contribution in [-0.2, 0) is 12.8 Å². The van der Waals surface area contributed by atoms with Gasteiger partial charge < -0.3 is 19.6 Å². The summed E-state index contributed by atoms with van der Waals surface area (Å²) in [5, 5.41) is 0. The molecule has 1 heterocycles. The first-order valence-corrected chi connectivity index (χ1v) is 5.64. The third kappa shape index (κ3) is 2.74. The van der Waals surface area contributed by atoms with Crippen LogP contribution in [0.15, 0.2) is 28.8 Å². The van der Waals surface area contributed by atoms with Gasteiger partial charge in [0.2, 0.25) is 0 Å². The van der Waals surface area contributed by atoms with E-state index in [0.717, 1.165) is 35.7 Å². The van der Waals surface area contributed by atoms with E-state index in [4.69, 9.17) is 19.6 Å². The van der Waals surface area contributed by atoms with Crippen LogP contribution in [0.3, 0.4) is 0 Å². The Morgan fingerprint density at radius 2 is 1.94 bits per heavy atom. The van der Waals surface area contributed by atoms with Crippen molar-refractivity contribution < 1.29 is 13.9 Å². The highest BCUT2D eigenvalue weighted by Gasteiger charge is 2.06. The number of methoxy groups -OCH3 is 2. The van der Waals surface area contributed by atoms with Crippen molar-refractivity contribution in [2.75, 3.05) is 20.0 Å². The summed E-state index contributed by atoms with van der Waals surface area (Å²) in [4.78, 5) is 3.86. The van der Waals surface area contributed by atoms with Crippen LogP contribution in [0.5, 0.6) is 11.5 Å². The topological polar surface area (TPSA) is 70.5 Å². The molecule has 18 heavy (non-hydrogen) atoms. The van der Waals surface area contributed by atoms with Gasteiger partial charge >= 0.3 is 0 Å². The standard InChI is InChI=1S/C13H16N2O3/c1-16-11-6-4-9(7-12(11)17-2)3-5-10-8-15-13(14)18-10/h4,6-8H,3,5H2,1-2H3,(H2,14,15). The van der Waals surface area contributed by atoms with E-state index >= 15 is 0 Å². The number of hydrogen-bond donors (Lipinski definition) is 1. The first-order valence-electron chi connectivity index (χ1n) is 5.64. The molecule has 0 atom stereocenters. The number of anilines is 1. The number of nitrogens with zero attached hydrogens (tertiary/aromatic N) is 1. The lowest BCUT2D eigenvalue weighted by Gasteiger charge is -2.09. The molecular weight excluding hydrogens is 232 g/mol. The van der Waals surface area contributed by atoms with Gasteiger partial charge in [0.25, 0.3) is 6.01 Å². The van der Waals surface area contributed by atoms with Gasteiger partial charge in [0.1, 0.15) is 5.76 Å². The SMILES string of the molecule is COc1ccc(CCc2cnc(N)o2)cc1OC. The number of ether oxygens (including phenoxy) is 2. The number of oxazole rings is 1. The fraction of sp³-hybridized carbons (Fsp3) is 0.308. The van der Waals surface area contributed by atoms with Crippen LogP contribution < -0.4 is 15.2 Å². The molecule has 0 unspecified atom stereocenters. The second-order valence-corrected chi connectivity index (χ2v) is 3.85. The molecule has 0 spiro atoms. The number of benzene rings is 1. The highest BCUT2D eigenvalue weighted by atomic mass is 16.5. The van der Waals surface area contributed by atoms with Crippen molar-refractivity contribution in [1.29, 1.82) is 0 Å². The Labute approximate surface area is 106 Å². The fourth-order valence-electron chi connectivity index (χ4n) is 1.74. The van der Waals surface area contributed by atoms with Crippen molar-refractivity contribution in [3.63, 3.8) is 0 Å². The summed E-state index contributed by atoms with van der Waals surface area (Å²) in [6.45, 7) is 0. The van der Waals surface area contributed by atoms with E-state index in [1.807, 2.05) is 18.2 Å². The zero-order chi connectivity index (χ0) is 13.0. The summed E-state index contributed by atoms with van der Waals surface area (Å²) in [5.74, 6) is 2.24. The van der Waals surface area contributed by atoms with Crippen LogP contribution in [-0.4, -0.2) is 19.2 Å². The molecule has 0 amide bonds. The molecule has 5 nitrogen and oxygen atoms in total. The Kier molecular flexibility index (Phi) is 3.72. The summed E-state index contributed by atoms with van der Waals surface area (Å²) >= 11 is 0. The van der Waals surface area contributed by atoms with Gasteiger partial charge in [-0.3, -0.25) is 0 Å². The van der Waals surface area contributed by atoms with Crippen molar-refractivity contribution in [3.05, 3.63) is 35.7 Å². The van der Waals surface area contributed by atoms with Crippen molar-refractivity contribution in [2.45, 2.75) is 12.8 Å². The predicted octanol–water partition coefficient (Wildman–Crippen LogP) is 2.06. The molecule has 1 aromatic heterocycles. The lowest BCUT2D eigenvalue weighted by Crippen LogP contribution is -1.94. The third-order valence-corrected chi connectivity index (χ3v) is 2.68. The minimum Gasteiger partial charge on any atom is -0.493 e. The van der Waals surface area contributed by atoms with E-state index in [9.17, 15) is 0 Å². The summed E-state index contributed by atoms with van der Waals surface area (Å²) in [7, 11) is 3.24. The Hall–Kier alpha value is -2.17. The molecule has 0 aliphatic rings.